The Morgan fingerprint density at radius 1 is 0.868 bits per heavy atom. The molecule has 0 aromatic heterocycles. The van der Waals surface area contributed by atoms with E-state index in [4.69, 9.17) is 27.9 Å². The van der Waals surface area contributed by atoms with Gasteiger partial charge in [0.05, 0.1) is 16.8 Å². The van der Waals surface area contributed by atoms with E-state index in [0.29, 0.717) is 17.9 Å². The lowest BCUT2D eigenvalue weighted by atomic mass is 10.2. The summed E-state index contributed by atoms with van der Waals surface area (Å²) in [5.74, 6) is -0.0873. The molecule has 0 fully saturated rings. The third-order valence-electron chi connectivity index (χ3n) is 5.30. The Bertz CT molecular complexity index is 1510. The second-order valence-electron chi connectivity index (χ2n) is 8.06. The maximum absolute atomic E-state index is 13.4. The van der Waals surface area contributed by atoms with E-state index in [1.807, 2.05) is 42.5 Å². The molecule has 10 heteroatoms. The van der Waals surface area contributed by atoms with Gasteiger partial charge in [0, 0.05) is 15.6 Å². The van der Waals surface area contributed by atoms with Crippen molar-refractivity contribution in [3.63, 3.8) is 0 Å². The van der Waals surface area contributed by atoms with Crippen molar-refractivity contribution >= 4 is 51.0 Å². The number of hydrazone groups is 1. The van der Waals surface area contributed by atoms with Crippen molar-refractivity contribution in [2.24, 2.45) is 5.10 Å². The van der Waals surface area contributed by atoms with Crippen molar-refractivity contribution in [2.45, 2.75) is 11.5 Å². The molecular formula is C28H23Cl2N3O4S. The molecule has 0 aliphatic carbocycles. The number of amides is 1. The molecule has 0 radical (unpaired) electrons. The molecule has 4 rings (SSSR count). The molecule has 1 N–H and O–H groups in total. The highest BCUT2D eigenvalue weighted by molar-refractivity contribution is 7.92. The van der Waals surface area contributed by atoms with Crippen molar-refractivity contribution < 1.29 is 17.9 Å². The summed E-state index contributed by atoms with van der Waals surface area (Å²) < 4.78 is 33.7. The van der Waals surface area contributed by atoms with Crippen LogP contribution in [0.3, 0.4) is 0 Å². The van der Waals surface area contributed by atoms with Crippen LogP contribution in [-0.2, 0) is 21.4 Å². The Kier molecular flexibility index (Phi) is 9.02. The van der Waals surface area contributed by atoms with Gasteiger partial charge in [0.15, 0.2) is 0 Å². The fourth-order valence-electron chi connectivity index (χ4n) is 3.51. The second-order valence-corrected chi connectivity index (χ2v) is 10.8. The number of sulfonamides is 1. The molecule has 0 heterocycles. The van der Waals surface area contributed by atoms with Crippen LogP contribution in [0.4, 0.5) is 5.69 Å². The standard InChI is InChI=1S/C28H23Cl2N3O4S/c29-23-15-24(30)17-25(16-23)33(38(35,36)26-12-5-2-6-13-26)19-28(34)32-31-18-22-11-7-8-14-27(22)37-20-21-9-3-1-4-10-21/h1-18H,19-20H2,(H,32,34)/b31-18-. The molecular weight excluding hydrogens is 545 g/mol. The molecule has 0 unspecified atom stereocenters. The fourth-order valence-corrected chi connectivity index (χ4v) is 5.45. The minimum absolute atomic E-state index is 0.0110. The summed E-state index contributed by atoms with van der Waals surface area (Å²) in [5, 5.41) is 4.47. The zero-order chi connectivity index (χ0) is 27.0. The number of nitrogens with one attached hydrogen (secondary N) is 1. The Labute approximate surface area is 231 Å². The van der Waals surface area contributed by atoms with E-state index in [9.17, 15) is 13.2 Å². The number of para-hydroxylation sites is 1. The van der Waals surface area contributed by atoms with Gasteiger partial charge in [0.2, 0.25) is 0 Å². The molecule has 0 atom stereocenters. The number of halogens is 2. The first kappa shape index (κ1) is 27.2. The molecule has 4 aromatic carbocycles. The van der Waals surface area contributed by atoms with Crippen molar-refractivity contribution in [2.75, 3.05) is 10.8 Å². The highest BCUT2D eigenvalue weighted by atomic mass is 35.5. The number of carbonyl (C=O) groups excluding carboxylic acids is 1. The van der Waals surface area contributed by atoms with Gasteiger partial charge >= 0.3 is 0 Å². The summed E-state index contributed by atoms with van der Waals surface area (Å²) in [6, 6.07) is 29.0. The molecule has 1 amide bonds. The molecule has 194 valence electrons. The van der Waals surface area contributed by atoms with E-state index >= 15 is 0 Å². The largest absolute Gasteiger partial charge is 0.488 e. The highest BCUT2D eigenvalue weighted by Crippen LogP contribution is 2.29. The molecule has 0 spiro atoms. The maximum Gasteiger partial charge on any atom is 0.264 e. The van der Waals surface area contributed by atoms with Gasteiger partial charge in [-0.05, 0) is 48.0 Å². The van der Waals surface area contributed by atoms with Crippen LogP contribution in [0.5, 0.6) is 5.75 Å². The average molecular weight is 568 g/mol. The van der Waals surface area contributed by atoms with Crippen LogP contribution in [0.15, 0.2) is 113 Å². The predicted octanol–water partition coefficient (Wildman–Crippen LogP) is 5.92. The van der Waals surface area contributed by atoms with Gasteiger partial charge in [-0.2, -0.15) is 5.10 Å². The zero-order valence-electron chi connectivity index (χ0n) is 20.0. The lowest BCUT2D eigenvalue weighted by molar-refractivity contribution is -0.119. The molecule has 0 aliphatic heterocycles. The number of benzene rings is 4. The van der Waals surface area contributed by atoms with Crippen LogP contribution in [0.2, 0.25) is 10.0 Å². The van der Waals surface area contributed by atoms with Gasteiger partial charge in [-0.1, -0.05) is 83.9 Å². The van der Waals surface area contributed by atoms with Gasteiger partial charge in [-0.3, -0.25) is 9.10 Å². The number of hydrogen-bond acceptors (Lipinski definition) is 5. The van der Waals surface area contributed by atoms with Gasteiger partial charge in [-0.25, -0.2) is 13.8 Å². The van der Waals surface area contributed by atoms with E-state index in [1.165, 1.54) is 36.5 Å². The van der Waals surface area contributed by atoms with E-state index in [1.54, 1.807) is 30.3 Å². The fraction of sp³-hybridized carbons (Fsp3) is 0.0714. The number of hydrogen-bond donors (Lipinski definition) is 1. The number of rotatable bonds is 10. The number of nitrogens with zero attached hydrogens (tertiary/aromatic N) is 2. The zero-order valence-corrected chi connectivity index (χ0v) is 22.3. The van der Waals surface area contributed by atoms with Crippen LogP contribution >= 0.6 is 23.2 Å². The van der Waals surface area contributed by atoms with E-state index < -0.39 is 22.5 Å². The second kappa shape index (κ2) is 12.6. The molecule has 0 bridgehead atoms. The minimum Gasteiger partial charge on any atom is -0.488 e. The molecule has 38 heavy (non-hydrogen) atoms. The lowest BCUT2D eigenvalue weighted by Gasteiger charge is -2.24. The first-order valence-corrected chi connectivity index (χ1v) is 13.6. The van der Waals surface area contributed by atoms with Crippen molar-refractivity contribution in [3.05, 3.63) is 124 Å². The van der Waals surface area contributed by atoms with Gasteiger partial charge in [-0.15, -0.1) is 0 Å². The number of carbonyl (C=O) groups is 1. The molecule has 7 nitrogen and oxygen atoms in total. The van der Waals surface area contributed by atoms with E-state index in [0.717, 1.165) is 9.87 Å². The van der Waals surface area contributed by atoms with Crippen LogP contribution < -0.4 is 14.5 Å². The Balaban J connectivity index is 1.50. The van der Waals surface area contributed by atoms with Crippen LogP contribution in [0.25, 0.3) is 0 Å². The SMILES string of the molecule is O=C(CN(c1cc(Cl)cc(Cl)c1)S(=O)(=O)c1ccccc1)N/N=C\c1ccccc1OCc1ccccc1. The van der Waals surface area contributed by atoms with Crippen molar-refractivity contribution in [1.29, 1.82) is 0 Å². The van der Waals surface area contributed by atoms with Crippen LogP contribution in [0, 0.1) is 0 Å². The minimum atomic E-state index is -4.12. The third-order valence-corrected chi connectivity index (χ3v) is 7.53. The van der Waals surface area contributed by atoms with Crippen LogP contribution in [0.1, 0.15) is 11.1 Å². The first-order valence-electron chi connectivity index (χ1n) is 11.4. The lowest BCUT2D eigenvalue weighted by Crippen LogP contribution is -2.39. The Morgan fingerprint density at radius 3 is 2.16 bits per heavy atom. The van der Waals surface area contributed by atoms with E-state index in [-0.39, 0.29) is 20.6 Å². The summed E-state index contributed by atoms with van der Waals surface area (Å²) in [7, 11) is -4.12. The topological polar surface area (TPSA) is 88.1 Å². The Hall–Kier alpha value is -3.85. The van der Waals surface area contributed by atoms with Crippen molar-refractivity contribution in [3.8, 4) is 5.75 Å². The Morgan fingerprint density at radius 2 is 1.47 bits per heavy atom. The molecule has 0 saturated heterocycles. The molecule has 0 aliphatic rings. The normalized spacial score (nSPS) is 11.3. The van der Waals surface area contributed by atoms with Gasteiger partial charge in [0.1, 0.15) is 18.9 Å². The summed E-state index contributed by atoms with van der Waals surface area (Å²) in [4.78, 5) is 12.8. The number of ether oxygens (including phenoxy) is 1. The predicted molar refractivity (Wildman–Crippen MR) is 150 cm³/mol. The quantitative estimate of drug-likeness (QED) is 0.190. The first-order chi connectivity index (χ1) is 18.3. The number of anilines is 1. The van der Waals surface area contributed by atoms with Gasteiger partial charge in [0.25, 0.3) is 15.9 Å². The maximum atomic E-state index is 13.4. The molecule has 0 saturated carbocycles. The molecule has 4 aromatic rings. The summed E-state index contributed by atoms with van der Waals surface area (Å²) >= 11 is 12.2. The van der Waals surface area contributed by atoms with Gasteiger partial charge < -0.3 is 4.74 Å². The highest BCUT2D eigenvalue weighted by Gasteiger charge is 2.27. The van der Waals surface area contributed by atoms with Crippen molar-refractivity contribution in [1.82, 2.24) is 5.43 Å². The average Bonchev–Trinajstić information content (AvgIpc) is 2.91. The third kappa shape index (κ3) is 7.13. The summed E-state index contributed by atoms with van der Waals surface area (Å²) in [6.07, 6.45) is 1.44. The summed E-state index contributed by atoms with van der Waals surface area (Å²) in [5.41, 5.74) is 4.18. The summed E-state index contributed by atoms with van der Waals surface area (Å²) in [6.45, 7) is -0.191. The van der Waals surface area contributed by atoms with E-state index in [2.05, 4.69) is 10.5 Å². The van der Waals surface area contributed by atoms with Crippen LogP contribution in [-0.4, -0.2) is 27.1 Å². The smallest absolute Gasteiger partial charge is 0.264 e. The monoisotopic (exact) mass is 567 g/mol.